The van der Waals surface area contributed by atoms with Gasteiger partial charge in [-0.25, -0.2) is 8.78 Å². The van der Waals surface area contributed by atoms with E-state index >= 15 is 0 Å². The Hall–Kier alpha value is -3.79. The average Bonchev–Trinajstić information content (AvgIpc) is 3.19. The summed E-state index contributed by atoms with van der Waals surface area (Å²) in [5.74, 6) is -2.02. The Morgan fingerprint density at radius 2 is 1.91 bits per heavy atom. The molecule has 0 spiro atoms. The molecule has 0 aliphatic heterocycles. The van der Waals surface area contributed by atoms with Crippen LogP contribution in [0.5, 0.6) is 11.8 Å². The number of carbonyl (C=O) groups excluding carboxylic acids is 1. The lowest BCUT2D eigenvalue weighted by Gasteiger charge is -2.19. The number of anilines is 1. The molecule has 0 aliphatic rings. The minimum Gasteiger partial charge on any atom is -0.460 e. The van der Waals surface area contributed by atoms with Crippen LogP contribution in [0.4, 0.5) is 14.6 Å². The van der Waals surface area contributed by atoms with E-state index < -0.39 is 23.2 Å². The normalized spacial score (nSPS) is 11.5. The quantitative estimate of drug-likeness (QED) is 0.304. The molecule has 0 saturated carbocycles. The Bertz CT molecular complexity index is 1390. The van der Waals surface area contributed by atoms with Crippen LogP contribution in [-0.4, -0.2) is 38.3 Å². The molecule has 2 N–H and O–H groups in total. The molecule has 4 rings (SSSR count). The number of nitrogens with zero attached hydrogens (tertiary/aromatic N) is 3. The maximum atomic E-state index is 14.1. The average molecular weight is 502 g/mol. The van der Waals surface area contributed by atoms with Crippen molar-refractivity contribution in [2.75, 3.05) is 11.9 Å². The van der Waals surface area contributed by atoms with E-state index in [1.165, 1.54) is 0 Å². The maximum Gasteiger partial charge on any atom is 0.326 e. The van der Waals surface area contributed by atoms with E-state index in [4.69, 9.17) is 21.1 Å². The monoisotopic (exact) mass is 501 g/mol. The van der Waals surface area contributed by atoms with Gasteiger partial charge in [0.1, 0.15) is 17.2 Å². The van der Waals surface area contributed by atoms with Gasteiger partial charge in [0.25, 0.3) is 0 Å². The van der Waals surface area contributed by atoms with Crippen molar-refractivity contribution in [3.8, 4) is 23.0 Å². The van der Waals surface area contributed by atoms with E-state index in [1.807, 2.05) is 6.07 Å². The van der Waals surface area contributed by atoms with Crippen LogP contribution in [-0.2, 0) is 9.53 Å². The molecule has 0 bridgehead atoms. The predicted molar refractivity (Wildman–Crippen MR) is 128 cm³/mol. The van der Waals surface area contributed by atoms with Gasteiger partial charge in [-0.3, -0.25) is 9.89 Å². The van der Waals surface area contributed by atoms with Crippen LogP contribution in [0.15, 0.2) is 42.5 Å². The number of esters is 1. The fraction of sp³-hybridized carbons (Fsp3) is 0.250. The number of ether oxygens (including phenoxy) is 2. The molecule has 182 valence electrons. The summed E-state index contributed by atoms with van der Waals surface area (Å²) in [6, 6.07) is 9.81. The van der Waals surface area contributed by atoms with Gasteiger partial charge in [-0.2, -0.15) is 15.1 Å². The maximum absolute atomic E-state index is 14.1. The Balaban J connectivity index is 1.70. The van der Waals surface area contributed by atoms with E-state index in [-0.39, 0.29) is 36.2 Å². The second-order valence-corrected chi connectivity index (χ2v) is 8.98. The number of benzene rings is 2. The minimum atomic E-state index is -0.910. The molecular weight excluding hydrogens is 480 g/mol. The van der Waals surface area contributed by atoms with Gasteiger partial charge in [0.05, 0.1) is 17.5 Å². The number of hydrogen-bond acceptors (Lipinski definition) is 7. The summed E-state index contributed by atoms with van der Waals surface area (Å²) in [5, 5.41) is 11.2. The van der Waals surface area contributed by atoms with Gasteiger partial charge in [-0.1, -0.05) is 29.8 Å². The molecule has 0 atom stereocenters. The largest absolute Gasteiger partial charge is 0.460 e. The minimum absolute atomic E-state index is 0.0603. The number of nitrogens with one attached hydrogen (secondary N) is 2. The fourth-order valence-electron chi connectivity index (χ4n) is 3.27. The highest BCUT2D eigenvalue weighted by molar-refractivity contribution is 6.33. The van der Waals surface area contributed by atoms with Gasteiger partial charge < -0.3 is 14.8 Å². The van der Waals surface area contributed by atoms with Crippen LogP contribution in [0.1, 0.15) is 27.2 Å². The van der Waals surface area contributed by atoms with E-state index in [0.717, 1.165) is 12.1 Å². The molecule has 0 fully saturated rings. The van der Waals surface area contributed by atoms with Crippen LogP contribution in [0.3, 0.4) is 0 Å². The highest BCUT2D eigenvalue weighted by Gasteiger charge is 2.21. The Kier molecular flexibility index (Phi) is 6.83. The highest BCUT2D eigenvalue weighted by atomic mass is 35.5. The summed E-state index contributed by atoms with van der Waals surface area (Å²) in [5.41, 5.74) is 0.812. The molecular formula is C24H22ClF2N5O3. The Morgan fingerprint density at radius 1 is 1.14 bits per heavy atom. The summed E-state index contributed by atoms with van der Waals surface area (Å²) >= 11 is 6.38. The number of hydrogen-bond donors (Lipinski definition) is 2. The molecule has 2 heterocycles. The van der Waals surface area contributed by atoms with Gasteiger partial charge >= 0.3 is 12.0 Å². The first kappa shape index (κ1) is 24.3. The smallest absolute Gasteiger partial charge is 0.326 e. The molecule has 35 heavy (non-hydrogen) atoms. The standard InChI is InChI=1S/C24H22ClF2N5O3/c1-24(2,3)35-18(33)10-11-28-21-19-20(14-6-4-5-7-15(14)25)31-32-22(19)30-23(29-21)34-17-9-8-13(26)12-16(17)27/h4-9,12H,10-11H2,1-3H3,(H2,28,29,30,31,32). The molecule has 11 heteroatoms. The van der Waals surface area contributed by atoms with Crippen LogP contribution < -0.4 is 10.1 Å². The highest BCUT2D eigenvalue weighted by Crippen LogP contribution is 2.36. The van der Waals surface area contributed by atoms with Gasteiger partial charge in [0, 0.05) is 23.2 Å². The van der Waals surface area contributed by atoms with Gasteiger partial charge in [0.15, 0.2) is 17.2 Å². The summed E-state index contributed by atoms with van der Waals surface area (Å²) in [4.78, 5) is 20.8. The van der Waals surface area contributed by atoms with Gasteiger partial charge in [-0.15, -0.1) is 0 Å². The third-order valence-corrected chi connectivity index (χ3v) is 5.00. The molecule has 0 unspecified atom stereocenters. The number of H-pyrrole nitrogens is 1. The number of halogens is 3. The third kappa shape index (κ3) is 5.83. The molecule has 2 aromatic heterocycles. The van der Waals surface area contributed by atoms with Crippen molar-refractivity contribution in [3.05, 3.63) is 59.1 Å². The van der Waals surface area contributed by atoms with E-state index in [0.29, 0.717) is 27.7 Å². The lowest BCUT2D eigenvalue weighted by atomic mass is 10.1. The molecule has 0 aliphatic carbocycles. The van der Waals surface area contributed by atoms with Crippen molar-refractivity contribution in [1.82, 2.24) is 20.2 Å². The van der Waals surface area contributed by atoms with Gasteiger partial charge in [-0.05, 0) is 39.0 Å². The summed E-state index contributed by atoms with van der Waals surface area (Å²) in [7, 11) is 0. The number of carbonyl (C=O) groups is 1. The lowest BCUT2D eigenvalue weighted by Crippen LogP contribution is -2.25. The van der Waals surface area contributed by atoms with Crippen molar-refractivity contribution in [2.45, 2.75) is 32.8 Å². The van der Waals surface area contributed by atoms with E-state index in [2.05, 4.69) is 25.5 Å². The zero-order valence-electron chi connectivity index (χ0n) is 19.2. The summed E-state index contributed by atoms with van der Waals surface area (Å²) in [6.07, 6.45) is 0.0603. The third-order valence-electron chi connectivity index (χ3n) is 4.67. The Morgan fingerprint density at radius 3 is 2.63 bits per heavy atom. The topological polar surface area (TPSA) is 102 Å². The van der Waals surface area contributed by atoms with Crippen molar-refractivity contribution >= 4 is 34.4 Å². The molecule has 0 radical (unpaired) electrons. The predicted octanol–water partition coefficient (Wildman–Crippen LogP) is 5.89. The van der Waals surface area contributed by atoms with Crippen LogP contribution in [0.25, 0.3) is 22.3 Å². The molecule has 0 saturated heterocycles. The second-order valence-electron chi connectivity index (χ2n) is 8.57. The van der Waals surface area contributed by atoms with E-state index in [9.17, 15) is 13.6 Å². The SMILES string of the molecule is CC(C)(C)OC(=O)CCNc1nc(Oc2ccc(F)cc2F)nc2n[nH]c(-c3ccccc3Cl)c12. The zero-order chi connectivity index (χ0) is 25.2. The molecule has 2 aromatic carbocycles. The van der Waals surface area contributed by atoms with Crippen molar-refractivity contribution in [2.24, 2.45) is 0 Å². The summed E-state index contributed by atoms with van der Waals surface area (Å²) in [6.45, 7) is 5.53. The Labute approximate surface area is 204 Å². The van der Waals surface area contributed by atoms with Crippen molar-refractivity contribution in [3.63, 3.8) is 0 Å². The summed E-state index contributed by atoms with van der Waals surface area (Å²) < 4.78 is 38.2. The first-order chi connectivity index (χ1) is 16.6. The van der Waals surface area contributed by atoms with Crippen LogP contribution in [0, 0.1) is 11.6 Å². The van der Waals surface area contributed by atoms with Crippen LogP contribution in [0.2, 0.25) is 5.02 Å². The van der Waals surface area contributed by atoms with Crippen molar-refractivity contribution < 1.29 is 23.0 Å². The number of aromatic amines is 1. The van der Waals surface area contributed by atoms with Crippen molar-refractivity contribution in [1.29, 1.82) is 0 Å². The number of rotatable bonds is 7. The van der Waals surface area contributed by atoms with Crippen LogP contribution >= 0.6 is 11.6 Å². The van der Waals surface area contributed by atoms with Gasteiger partial charge in [0.2, 0.25) is 0 Å². The molecule has 4 aromatic rings. The first-order valence-corrected chi connectivity index (χ1v) is 11.1. The zero-order valence-corrected chi connectivity index (χ0v) is 19.9. The number of fused-ring (bicyclic) bond motifs is 1. The first-order valence-electron chi connectivity index (χ1n) is 10.7. The van der Waals surface area contributed by atoms with E-state index in [1.54, 1.807) is 39.0 Å². The molecule has 0 amide bonds. The lowest BCUT2D eigenvalue weighted by molar-refractivity contribution is -0.154. The second kappa shape index (κ2) is 9.83. The number of aromatic nitrogens is 4. The molecule has 8 nitrogen and oxygen atoms in total. The fourth-order valence-corrected chi connectivity index (χ4v) is 3.50.